The van der Waals surface area contributed by atoms with Gasteiger partial charge in [0.15, 0.2) is 0 Å². The summed E-state index contributed by atoms with van der Waals surface area (Å²) in [6.45, 7) is 4.00. The van der Waals surface area contributed by atoms with E-state index in [1.807, 2.05) is 54.9 Å². The standard InChI is InChI=1S/C18H20N4OS/c1-12-5-7-14(8-6-12)21-18-19-10-15(16-4-3-9-24-16)17(22-18)20-13(2)11-23/h3-10,13,23H,11H2,1-2H3,(H2,19,20,21,22)/t13-/m1/s1. The van der Waals surface area contributed by atoms with Crippen LogP contribution in [0.3, 0.4) is 0 Å². The smallest absolute Gasteiger partial charge is 0.229 e. The summed E-state index contributed by atoms with van der Waals surface area (Å²) < 4.78 is 0. The van der Waals surface area contributed by atoms with Crippen molar-refractivity contribution in [1.82, 2.24) is 9.97 Å². The van der Waals surface area contributed by atoms with E-state index >= 15 is 0 Å². The van der Waals surface area contributed by atoms with Crippen molar-refractivity contribution in [3.05, 3.63) is 53.5 Å². The highest BCUT2D eigenvalue weighted by atomic mass is 32.1. The number of benzene rings is 1. The highest BCUT2D eigenvalue weighted by Gasteiger charge is 2.12. The van der Waals surface area contributed by atoms with Crippen LogP contribution in [-0.2, 0) is 0 Å². The number of hydrogen-bond donors (Lipinski definition) is 3. The second-order valence-corrected chi connectivity index (χ2v) is 6.60. The molecule has 5 nitrogen and oxygen atoms in total. The number of thiophene rings is 1. The number of anilines is 3. The van der Waals surface area contributed by atoms with Crippen LogP contribution in [0, 0.1) is 6.92 Å². The van der Waals surface area contributed by atoms with Gasteiger partial charge in [0.2, 0.25) is 5.95 Å². The fourth-order valence-corrected chi connectivity index (χ4v) is 2.95. The van der Waals surface area contributed by atoms with Gasteiger partial charge < -0.3 is 15.7 Å². The molecule has 0 fully saturated rings. The topological polar surface area (TPSA) is 70.1 Å². The van der Waals surface area contributed by atoms with Gasteiger partial charge in [-0.05, 0) is 37.4 Å². The summed E-state index contributed by atoms with van der Waals surface area (Å²) in [5, 5.41) is 17.8. The molecule has 0 unspecified atom stereocenters. The molecule has 0 aliphatic heterocycles. The molecule has 3 N–H and O–H groups in total. The average Bonchev–Trinajstić information content (AvgIpc) is 3.11. The van der Waals surface area contributed by atoms with E-state index in [4.69, 9.17) is 0 Å². The van der Waals surface area contributed by atoms with E-state index in [0.717, 1.165) is 16.1 Å². The maximum atomic E-state index is 9.33. The SMILES string of the molecule is Cc1ccc(Nc2ncc(-c3cccs3)c(N[C@H](C)CO)n2)cc1. The number of nitrogens with one attached hydrogen (secondary N) is 2. The minimum atomic E-state index is -0.0918. The van der Waals surface area contributed by atoms with Crippen molar-refractivity contribution in [2.75, 3.05) is 17.2 Å². The Labute approximate surface area is 145 Å². The van der Waals surface area contributed by atoms with Gasteiger partial charge in [0.25, 0.3) is 0 Å². The Kier molecular flexibility index (Phi) is 5.08. The zero-order valence-corrected chi connectivity index (χ0v) is 14.5. The molecule has 0 amide bonds. The molecule has 0 aliphatic rings. The maximum Gasteiger partial charge on any atom is 0.229 e. The Bertz CT molecular complexity index is 787. The van der Waals surface area contributed by atoms with E-state index in [9.17, 15) is 5.11 Å². The Morgan fingerprint density at radius 3 is 2.67 bits per heavy atom. The molecule has 24 heavy (non-hydrogen) atoms. The van der Waals surface area contributed by atoms with Crippen molar-refractivity contribution in [1.29, 1.82) is 0 Å². The summed E-state index contributed by atoms with van der Waals surface area (Å²) in [6.07, 6.45) is 1.81. The van der Waals surface area contributed by atoms with Crippen LogP contribution in [-0.4, -0.2) is 27.7 Å². The van der Waals surface area contributed by atoms with Crippen LogP contribution in [0.25, 0.3) is 10.4 Å². The molecule has 1 aromatic carbocycles. The highest BCUT2D eigenvalue weighted by Crippen LogP contribution is 2.31. The lowest BCUT2D eigenvalue weighted by molar-refractivity contribution is 0.281. The molecule has 0 spiro atoms. The average molecular weight is 340 g/mol. The number of hydrogen-bond acceptors (Lipinski definition) is 6. The molecule has 1 atom stereocenters. The second-order valence-electron chi connectivity index (χ2n) is 5.65. The van der Waals surface area contributed by atoms with Crippen LogP contribution < -0.4 is 10.6 Å². The van der Waals surface area contributed by atoms with Crippen LogP contribution in [0.2, 0.25) is 0 Å². The zero-order chi connectivity index (χ0) is 16.9. The first-order valence-electron chi connectivity index (χ1n) is 7.77. The van der Waals surface area contributed by atoms with Crippen molar-refractivity contribution in [3.8, 4) is 10.4 Å². The van der Waals surface area contributed by atoms with Gasteiger partial charge in [-0.2, -0.15) is 4.98 Å². The normalized spacial score (nSPS) is 12.0. The molecule has 3 aromatic rings. The Hall–Kier alpha value is -2.44. The van der Waals surface area contributed by atoms with E-state index in [0.29, 0.717) is 11.8 Å². The number of aryl methyl sites for hydroxylation is 1. The van der Waals surface area contributed by atoms with Gasteiger partial charge in [-0.3, -0.25) is 0 Å². The monoisotopic (exact) mass is 340 g/mol. The molecular formula is C18H20N4OS. The van der Waals surface area contributed by atoms with Gasteiger partial charge in [-0.1, -0.05) is 23.8 Å². The third-order valence-corrected chi connectivity index (χ3v) is 4.44. The lowest BCUT2D eigenvalue weighted by atomic mass is 10.2. The van der Waals surface area contributed by atoms with Crippen LogP contribution >= 0.6 is 11.3 Å². The predicted molar refractivity (Wildman–Crippen MR) is 100.0 cm³/mol. The summed E-state index contributed by atoms with van der Waals surface area (Å²) >= 11 is 1.63. The lowest BCUT2D eigenvalue weighted by Crippen LogP contribution is -2.21. The molecule has 2 heterocycles. The summed E-state index contributed by atoms with van der Waals surface area (Å²) in [5.74, 6) is 1.23. The van der Waals surface area contributed by atoms with Gasteiger partial charge in [0, 0.05) is 22.8 Å². The van der Waals surface area contributed by atoms with Crippen molar-refractivity contribution >= 4 is 28.8 Å². The summed E-state index contributed by atoms with van der Waals surface area (Å²) in [6, 6.07) is 12.0. The van der Waals surface area contributed by atoms with Crippen molar-refractivity contribution in [2.45, 2.75) is 19.9 Å². The summed E-state index contributed by atoms with van der Waals surface area (Å²) in [4.78, 5) is 10.1. The second kappa shape index (κ2) is 7.42. The molecule has 0 radical (unpaired) electrons. The van der Waals surface area contributed by atoms with Crippen LogP contribution in [0.15, 0.2) is 48.0 Å². The van der Waals surface area contributed by atoms with Crippen molar-refractivity contribution < 1.29 is 5.11 Å². The summed E-state index contributed by atoms with van der Waals surface area (Å²) in [7, 11) is 0. The third kappa shape index (κ3) is 3.90. The third-order valence-electron chi connectivity index (χ3n) is 3.54. The van der Waals surface area contributed by atoms with E-state index in [-0.39, 0.29) is 12.6 Å². The van der Waals surface area contributed by atoms with Crippen LogP contribution in [0.1, 0.15) is 12.5 Å². The van der Waals surface area contributed by atoms with E-state index in [1.54, 1.807) is 11.3 Å². The van der Waals surface area contributed by atoms with Crippen LogP contribution in [0.5, 0.6) is 0 Å². The van der Waals surface area contributed by atoms with Crippen molar-refractivity contribution in [3.63, 3.8) is 0 Å². The fourth-order valence-electron chi connectivity index (χ4n) is 2.21. The molecule has 0 bridgehead atoms. The molecule has 6 heteroatoms. The van der Waals surface area contributed by atoms with Crippen molar-refractivity contribution in [2.24, 2.45) is 0 Å². The van der Waals surface area contributed by atoms with E-state index in [2.05, 4.69) is 27.5 Å². The van der Waals surface area contributed by atoms with E-state index in [1.165, 1.54) is 5.56 Å². The van der Waals surface area contributed by atoms with Crippen LogP contribution in [0.4, 0.5) is 17.5 Å². The number of aliphatic hydroxyl groups is 1. The number of nitrogens with zero attached hydrogens (tertiary/aromatic N) is 2. The fraction of sp³-hybridized carbons (Fsp3) is 0.222. The minimum Gasteiger partial charge on any atom is -0.394 e. The van der Waals surface area contributed by atoms with E-state index < -0.39 is 0 Å². The first kappa shape index (κ1) is 16.4. The largest absolute Gasteiger partial charge is 0.394 e. The van der Waals surface area contributed by atoms with Gasteiger partial charge >= 0.3 is 0 Å². The highest BCUT2D eigenvalue weighted by molar-refractivity contribution is 7.13. The molecule has 0 aliphatic carbocycles. The maximum absolute atomic E-state index is 9.33. The zero-order valence-electron chi connectivity index (χ0n) is 13.7. The minimum absolute atomic E-state index is 0.0363. The first-order valence-corrected chi connectivity index (χ1v) is 8.65. The Balaban J connectivity index is 1.91. The Morgan fingerprint density at radius 1 is 1.21 bits per heavy atom. The molecule has 0 saturated heterocycles. The number of aromatic nitrogens is 2. The van der Waals surface area contributed by atoms with Gasteiger partial charge in [0.1, 0.15) is 5.82 Å². The van der Waals surface area contributed by atoms with Gasteiger partial charge in [0.05, 0.1) is 12.2 Å². The predicted octanol–water partition coefficient (Wildman–Crippen LogP) is 4.05. The molecule has 2 aromatic heterocycles. The summed E-state index contributed by atoms with van der Waals surface area (Å²) in [5.41, 5.74) is 3.07. The lowest BCUT2D eigenvalue weighted by Gasteiger charge is -2.16. The number of rotatable bonds is 6. The van der Waals surface area contributed by atoms with Gasteiger partial charge in [-0.25, -0.2) is 4.98 Å². The molecule has 124 valence electrons. The number of aliphatic hydroxyl groups excluding tert-OH is 1. The molecule has 0 saturated carbocycles. The first-order chi connectivity index (χ1) is 11.7. The Morgan fingerprint density at radius 2 is 2.00 bits per heavy atom. The van der Waals surface area contributed by atoms with Gasteiger partial charge in [-0.15, -0.1) is 11.3 Å². The molecule has 3 rings (SSSR count). The quantitative estimate of drug-likeness (QED) is 0.631. The molecular weight excluding hydrogens is 320 g/mol.